The minimum atomic E-state index is -1.16. The van der Waals surface area contributed by atoms with Crippen molar-refractivity contribution in [1.29, 1.82) is 0 Å². The van der Waals surface area contributed by atoms with Crippen molar-refractivity contribution < 1.29 is 34.8 Å². The smallest absolute Gasteiger partial charge is 0.328 e. The van der Waals surface area contributed by atoms with Crippen LogP contribution in [0.2, 0.25) is 1.41 Å². The average Bonchev–Trinajstić information content (AvgIpc) is 2.77. The van der Waals surface area contributed by atoms with E-state index in [0.717, 1.165) is 0 Å². The normalized spacial score (nSPS) is 12.9. The van der Waals surface area contributed by atoms with Crippen LogP contribution in [0, 0.1) is 5.92 Å². The van der Waals surface area contributed by atoms with Crippen LogP contribution >= 0.6 is 0 Å². The van der Waals surface area contributed by atoms with Gasteiger partial charge in [0.1, 0.15) is 17.8 Å². The minimum Gasteiger partial charge on any atom is -0.496 e. The third-order valence-electron chi connectivity index (χ3n) is 4.55. The van der Waals surface area contributed by atoms with Crippen LogP contribution in [0.3, 0.4) is 0 Å². The summed E-state index contributed by atoms with van der Waals surface area (Å²) in [4.78, 5) is 49.8. The number of para-hydroxylation sites is 1. The Balaban J connectivity index is 2.97. The van der Waals surface area contributed by atoms with Gasteiger partial charge >= 0.3 is 11.9 Å². The molecule has 32 heavy (non-hydrogen) atoms. The van der Waals surface area contributed by atoms with Gasteiger partial charge in [-0.2, -0.15) is 0 Å². The first-order chi connectivity index (χ1) is 15.7. The van der Waals surface area contributed by atoms with E-state index in [1.165, 1.54) is 7.11 Å². The van der Waals surface area contributed by atoms with Crippen LogP contribution < -0.4 is 15.4 Å². The Kier molecular flexibility index (Phi) is 11.1. The third kappa shape index (κ3) is 8.95. The second-order valence-corrected chi connectivity index (χ2v) is 7.36. The lowest BCUT2D eigenvalue weighted by Crippen LogP contribution is -2.54. The highest BCUT2D eigenvalue weighted by Gasteiger charge is 2.30. The Morgan fingerprint density at radius 3 is 2.31 bits per heavy atom. The van der Waals surface area contributed by atoms with Gasteiger partial charge in [0.25, 0.3) is 0 Å². The quantitative estimate of drug-likeness (QED) is 0.439. The molecule has 0 saturated heterocycles. The zero-order valence-corrected chi connectivity index (χ0v) is 19.4. The van der Waals surface area contributed by atoms with E-state index in [4.69, 9.17) is 15.6 Å². The van der Waals surface area contributed by atoms with Crippen LogP contribution in [0.15, 0.2) is 24.3 Å². The van der Waals surface area contributed by atoms with E-state index in [1.807, 2.05) is 0 Å². The van der Waals surface area contributed by atoms with Crippen LogP contribution in [-0.2, 0) is 35.1 Å². The summed E-state index contributed by atoms with van der Waals surface area (Å²) in [5, 5.41) is 3.17. The molecule has 2 atom stereocenters. The number of carbonyl (C=O) groups excluding carboxylic acids is 4. The summed E-state index contributed by atoms with van der Waals surface area (Å²) >= 11 is 0. The Bertz CT molecular complexity index is 816. The fourth-order valence-corrected chi connectivity index (χ4v) is 2.97. The van der Waals surface area contributed by atoms with Gasteiger partial charge < -0.3 is 24.8 Å². The van der Waals surface area contributed by atoms with Crippen molar-refractivity contribution in [2.45, 2.75) is 59.0 Å². The average molecular weight is 452 g/mol. The van der Waals surface area contributed by atoms with E-state index >= 15 is 0 Å². The number of amides is 2. The number of carbonyl (C=O) groups is 4. The summed E-state index contributed by atoms with van der Waals surface area (Å²) in [7, 11) is 1.48. The largest absolute Gasteiger partial charge is 0.496 e. The number of methoxy groups -OCH3 is 1. The second-order valence-electron chi connectivity index (χ2n) is 7.36. The Hall–Kier alpha value is -3.10. The van der Waals surface area contributed by atoms with Crippen molar-refractivity contribution in [2.24, 2.45) is 5.92 Å². The van der Waals surface area contributed by atoms with Gasteiger partial charge in [-0.05, 0) is 32.3 Å². The first-order valence-electron chi connectivity index (χ1n) is 11.2. The first kappa shape index (κ1) is 25.2. The van der Waals surface area contributed by atoms with Gasteiger partial charge in [0, 0.05) is 12.0 Å². The van der Waals surface area contributed by atoms with Gasteiger partial charge in [-0.3, -0.25) is 14.4 Å². The molecule has 0 aliphatic rings. The number of rotatable bonds is 13. The molecule has 1 rings (SSSR count). The van der Waals surface area contributed by atoms with Crippen molar-refractivity contribution in [2.75, 3.05) is 20.3 Å². The molecule has 178 valence electrons. The number of ether oxygens (including phenoxy) is 3. The van der Waals surface area contributed by atoms with E-state index < -0.39 is 41.8 Å². The highest BCUT2D eigenvalue weighted by Crippen LogP contribution is 2.18. The predicted octanol–water partition coefficient (Wildman–Crippen LogP) is 1.77. The van der Waals surface area contributed by atoms with Crippen molar-refractivity contribution in [3.05, 3.63) is 29.8 Å². The monoisotopic (exact) mass is 451 g/mol. The third-order valence-corrected chi connectivity index (χ3v) is 4.55. The van der Waals surface area contributed by atoms with Crippen LogP contribution in [0.1, 0.15) is 46.1 Å². The molecule has 1 aromatic rings. The zero-order valence-electron chi connectivity index (χ0n) is 20.4. The SMILES string of the molecule is [2H]N(C(=O)Cc1ccccc1OC)[C@H](C(=O)N[C@@H](CCC(=O)OCC)C(=O)OCC)C(C)C. The summed E-state index contributed by atoms with van der Waals surface area (Å²) < 4.78 is 23.4. The highest BCUT2D eigenvalue weighted by molar-refractivity contribution is 5.91. The molecule has 1 aromatic carbocycles. The van der Waals surface area contributed by atoms with Crippen molar-refractivity contribution >= 4 is 23.8 Å². The van der Waals surface area contributed by atoms with Crippen LogP contribution in [-0.4, -0.2) is 56.2 Å². The molecule has 0 heterocycles. The van der Waals surface area contributed by atoms with E-state index in [0.29, 0.717) is 16.6 Å². The van der Waals surface area contributed by atoms with E-state index in [2.05, 4.69) is 5.32 Å². The van der Waals surface area contributed by atoms with Crippen molar-refractivity contribution in [3.63, 3.8) is 0 Å². The lowest BCUT2D eigenvalue weighted by Gasteiger charge is -2.25. The molecule has 9 heteroatoms. The van der Waals surface area contributed by atoms with Crippen LogP contribution in [0.4, 0.5) is 0 Å². The lowest BCUT2D eigenvalue weighted by molar-refractivity contribution is -0.149. The number of esters is 2. The maximum atomic E-state index is 13.0. The molecule has 0 aliphatic carbocycles. The van der Waals surface area contributed by atoms with E-state index in [1.54, 1.807) is 52.0 Å². The van der Waals surface area contributed by atoms with E-state index in [-0.39, 0.29) is 32.5 Å². The molecular weight excluding hydrogens is 416 g/mol. The van der Waals surface area contributed by atoms with Crippen LogP contribution in [0.5, 0.6) is 5.75 Å². The Morgan fingerprint density at radius 2 is 1.72 bits per heavy atom. The topological polar surface area (TPSA) is 120 Å². The standard InChI is InChI=1S/C23H34N2O7/c1-6-31-20(27)13-12-17(23(29)32-7-2)24-22(28)21(15(3)4)25-19(26)14-16-10-8-9-11-18(16)30-5/h8-11,15,17,21H,6-7,12-14H2,1-5H3,(H,24,28)(H,25,26)/t17-,21-/m0/s1/i/hD. The molecule has 0 fully saturated rings. The maximum Gasteiger partial charge on any atom is 0.328 e. The molecule has 0 spiro atoms. The van der Waals surface area contributed by atoms with Gasteiger partial charge in [0.15, 0.2) is 1.41 Å². The number of hydrogen-bond acceptors (Lipinski definition) is 7. The highest BCUT2D eigenvalue weighted by atomic mass is 16.5. The molecule has 0 unspecified atom stereocenters. The molecule has 0 radical (unpaired) electrons. The molecular formula is C23H34N2O7. The maximum absolute atomic E-state index is 13.0. The van der Waals surface area contributed by atoms with Gasteiger partial charge in [-0.1, -0.05) is 32.0 Å². The molecule has 9 nitrogen and oxygen atoms in total. The van der Waals surface area contributed by atoms with Gasteiger partial charge in [-0.25, -0.2) is 4.79 Å². The molecule has 2 N–H and O–H groups in total. The summed E-state index contributed by atoms with van der Waals surface area (Å²) in [6, 6.07) is 4.66. The molecule has 0 aromatic heterocycles. The second kappa shape index (κ2) is 14.1. The van der Waals surface area contributed by atoms with Gasteiger partial charge in [-0.15, -0.1) is 0 Å². The number of hydrogen-bond donors (Lipinski definition) is 2. The van der Waals surface area contributed by atoms with Crippen LogP contribution in [0.25, 0.3) is 0 Å². The predicted molar refractivity (Wildman–Crippen MR) is 118 cm³/mol. The minimum absolute atomic E-state index is 0.0264. The summed E-state index contributed by atoms with van der Waals surface area (Å²) in [6.07, 6.45) is -0.253. The Morgan fingerprint density at radius 1 is 1.06 bits per heavy atom. The fraction of sp³-hybridized carbons (Fsp3) is 0.565. The van der Waals surface area contributed by atoms with Gasteiger partial charge in [0.2, 0.25) is 11.8 Å². The summed E-state index contributed by atoms with van der Waals surface area (Å²) in [6.45, 7) is 6.98. The number of benzene rings is 1. The molecule has 0 aliphatic heterocycles. The molecule has 0 bridgehead atoms. The zero-order chi connectivity index (χ0) is 25.0. The summed E-state index contributed by atoms with van der Waals surface area (Å²) in [5.74, 6) is -2.41. The summed E-state index contributed by atoms with van der Waals surface area (Å²) in [5.41, 5.74) is 0.587. The Labute approximate surface area is 190 Å². The van der Waals surface area contributed by atoms with Crippen molar-refractivity contribution in [1.82, 2.24) is 10.6 Å². The number of nitrogens with one attached hydrogen (secondary N) is 2. The lowest BCUT2D eigenvalue weighted by atomic mass is 10.0. The van der Waals surface area contributed by atoms with E-state index in [9.17, 15) is 19.2 Å². The van der Waals surface area contributed by atoms with Crippen molar-refractivity contribution in [3.8, 4) is 5.75 Å². The first-order valence-corrected chi connectivity index (χ1v) is 10.7. The molecule has 0 saturated carbocycles. The van der Waals surface area contributed by atoms with Gasteiger partial charge in [0.05, 0.1) is 26.7 Å². The molecule has 2 amide bonds. The fourth-order valence-electron chi connectivity index (χ4n) is 2.97.